The second-order valence-corrected chi connectivity index (χ2v) is 5.40. The van der Waals surface area contributed by atoms with Gasteiger partial charge in [0.1, 0.15) is 0 Å². The summed E-state index contributed by atoms with van der Waals surface area (Å²) in [5, 5.41) is 7.68. The average molecular weight is 308 g/mol. The lowest BCUT2D eigenvalue weighted by Crippen LogP contribution is -2.19. The number of hydrogen-bond donors (Lipinski definition) is 1. The molecular weight excluding hydrogens is 290 g/mol. The second kappa shape index (κ2) is 5.67. The molecule has 1 unspecified atom stereocenters. The lowest BCUT2D eigenvalue weighted by atomic mass is 10.00. The third-order valence-electron chi connectivity index (χ3n) is 3.33. The number of aromatic nitrogens is 2. The van der Waals surface area contributed by atoms with Crippen molar-refractivity contribution >= 4 is 15.9 Å². The number of likely N-dealkylation sites (N-methyl/N-ethyl adjacent to an activating group) is 1. The summed E-state index contributed by atoms with van der Waals surface area (Å²) in [6.45, 7) is 2.10. The van der Waals surface area contributed by atoms with Crippen LogP contribution in [0.4, 0.5) is 0 Å². The van der Waals surface area contributed by atoms with Crippen LogP contribution >= 0.6 is 15.9 Å². The second-order valence-electron chi connectivity index (χ2n) is 4.48. The van der Waals surface area contributed by atoms with Crippen molar-refractivity contribution in [2.45, 2.75) is 19.4 Å². The van der Waals surface area contributed by atoms with E-state index < -0.39 is 0 Å². The highest BCUT2D eigenvalue weighted by Crippen LogP contribution is 2.22. The first kappa shape index (κ1) is 13.3. The predicted octanol–water partition coefficient (Wildman–Crippen LogP) is 2.99. The lowest BCUT2D eigenvalue weighted by molar-refractivity contribution is 0.586. The quantitative estimate of drug-likeness (QED) is 0.941. The molecule has 3 nitrogen and oxygen atoms in total. The fraction of sp³-hybridized carbons (Fsp3) is 0.357. The van der Waals surface area contributed by atoms with Crippen molar-refractivity contribution in [2.75, 3.05) is 7.05 Å². The summed E-state index contributed by atoms with van der Waals surface area (Å²) in [5.74, 6) is 0. The van der Waals surface area contributed by atoms with Crippen molar-refractivity contribution in [3.05, 3.63) is 51.8 Å². The van der Waals surface area contributed by atoms with E-state index in [4.69, 9.17) is 0 Å². The largest absolute Gasteiger partial charge is 0.313 e. The fourth-order valence-corrected chi connectivity index (χ4v) is 2.57. The normalized spacial score (nSPS) is 12.7. The van der Waals surface area contributed by atoms with E-state index in [2.05, 4.69) is 51.5 Å². The molecule has 0 spiro atoms. The molecule has 0 bridgehead atoms. The molecule has 1 atom stereocenters. The number of halogens is 1. The van der Waals surface area contributed by atoms with Gasteiger partial charge in [-0.15, -0.1) is 0 Å². The van der Waals surface area contributed by atoms with Gasteiger partial charge in [-0.2, -0.15) is 5.10 Å². The summed E-state index contributed by atoms with van der Waals surface area (Å²) >= 11 is 3.51. The zero-order chi connectivity index (χ0) is 13.1. The summed E-state index contributed by atoms with van der Waals surface area (Å²) in [6, 6.07) is 8.74. The highest BCUT2D eigenvalue weighted by atomic mass is 79.9. The van der Waals surface area contributed by atoms with Gasteiger partial charge >= 0.3 is 0 Å². The Morgan fingerprint density at radius 3 is 2.78 bits per heavy atom. The molecule has 0 fully saturated rings. The van der Waals surface area contributed by atoms with Crippen molar-refractivity contribution < 1.29 is 0 Å². The number of benzene rings is 1. The summed E-state index contributed by atoms with van der Waals surface area (Å²) < 4.78 is 3.04. The van der Waals surface area contributed by atoms with E-state index in [1.54, 1.807) is 0 Å². The fourth-order valence-electron chi connectivity index (χ4n) is 2.12. The third kappa shape index (κ3) is 2.82. The maximum absolute atomic E-state index is 4.31. The number of nitrogens with zero attached hydrogens (tertiary/aromatic N) is 2. The van der Waals surface area contributed by atoms with E-state index in [0.717, 1.165) is 10.9 Å². The molecule has 4 heteroatoms. The zero-order valence-corrected chi connectivity index (χ0v) is 12.5. The minimum Gasteiger partial charge on any atom is -0.313 e. The Hall–Kier alpha value is -1.13. The Morgan fingerprint density at radius 1 is 1.44 bits per heavy atom. The van der Waals surface area contributed by atoms with E-state index in [0.29, 0.717) is 6.04 Å². The number of rotatable bonds is 4. The van der Waals surface area contributed by atoms with Crippen LogP contribution < -0.4 is 5.32 Å². The van der Waals surface area contributed by atoms with Crippen LogP contribution in [0.3, 0.4) is 0 Å². The van der Waals surface area contributed by atoms with Crippen LogP contribution in [0.15, 0.2) is 34.9 Å². The molecule has 0 radical (unpaired) electrons. The molecule has 1 aromatic carbocycles. The predicted molar refractivity (Wildman–Crippen MR) is 77.6 cm³/mol. The van der Waals surface area contributed by atoms with E-state index in [-0.39, 0.29) is 0 Å². The molecule has 0 saturated carbocycles. The molecule has 0 aliphatic heterocycles. The molecule has 1 N–H and O–H groups in total. The van der Waals surface area contributed by atoms with Crippen LogP contribution in [0, 0.1) is 6.92 Å². The maximum Gasteiger partial charge on any atom is 0.0540 e. The van der Waals surface area contributed by atoms with Crippen molar-refractivity contribution in [1.82, 2.24) is 15.1 Å². The van der Waals surface area contributed by atoms with Crippen LogP contribution in [0.5, 0.6) is 0 Å². The van der Waals surface area contributed by atoms with E-state index in [1.165, 1.54) is 16.8 Å². The van der Waals surface area contributed by atoms with Crippen LogP contribution in [0.1, 0.15) is 22.9 Å². The first-order chi connectivity index (χ1) is 8.61. The summed E-state index contributed by atoms with van der Waals surface area (Å²) in [5.41, 5.74) is 3.79. The number of nitrogens with one attached hydrogen (secondary N) is 1. The Balaban J connectivity index is 2.22. The van der Waals surface area contributed by atoms with Crippen molar-refractivity contribution in [1.29, 1.82) is 0 Å². The summed E-state index contributed by atoms with van der Waals surface area (Å²) in [4.78, 5) is 0. The van der Waals surface area contributed by atoms with Gasteiger partial charge < -0.3 is 5.32 Å². The topological polar surface area (TPSA) is 29.9 Å². The Bertz CT molecular complexity index is 534. The average Bonchev–Trinajstić information content (AvgIpc) is 2.67. The first-order valence-corrected chi connectivity index (χ1v) is 6.81. The number of hydrogen-bond acceptors (Lipinski definition) is 2. The van der Waals surface area contributed by atoms with Crippen LogP contribution in [-0.4, -0.2) is 16.8 Å². The molecule has 2 aromatic rings. The molecule has 0 saturated heterocycles. The van der Waals surface area contributed by atoms with Crippen molar-refractivity contribution in [3.63, 3.8) is 0 Å². The SMILES string of the molecule is CNC(Cc1cccc(Br)c1)c1cnn(C)c1C. The van der Waals surface area contributed by atoms with Crippen molar-refractivity contribution in [2.24, 2.45) is 7.05 Å². The van der Waals surface area contributed by atoms with Gasteiger partial charge in [0.05, 0.1) is 6.20 Å². The highest BCUT2D eigenvalue weighted by molar-refractivity contribution is 9.10. The van der Waals surface area contributed by atoms with Gasteiger partial charge in [-0.1, -0.05) is 28.1 Å². The molecule has 1 aromatic heterocycles. The molecule has 2 rings (SSSR count). The van der Waals surface area contributed by atoms with Gasteiger partial charge in [0.2, 0.25) is 0 Å². The van der Waals surface area contributed by atoms with E-state index in [9.17, 15) is 0 Å². The van der Waals surface area contributed by atoms with Crippen LogP contribution in [-0.2, 0) is 13.5 Å². The minimum atomic E-state index is 0.299. The minimum absolute atomic E-state index is 0.299. The molecule has 96 valence electrons. The van der Waals surface area contributed by atoms with Gasteiger partial charge in [-0.3, -0.25) is 4.68 Å². The monoisotopic (exact) mass is 307 g/mol. The zero-order valence-electron chi connectivity index (χ0n) is 10.9. The van der Waals surface area contributed by atoms with E-state index >= 15 is 0 Å². The summed E-state index contributed by atoms with van der Waals surface area (Å²) in [7, 11) is 3.97. The standard InChI is InChI=1S/C14H18BrN3/c1-10-13(9-17-18(10)3)14(16-2)8-11-5-4-6-12(15)7-11/h4-7,9,14,16H,8H2,1-3H3. The Labute approximate surface area is 116 Å². The van der Waals surface area contributed by atoms with Gasteiger partial charge in [-0.25, -0.2) is 0 Å². The Kier molecular flexibility index (Phi) is 4.19. The molecular formula is C14H18BrN3. The van der Waals surface area contributed by atoms with E-state index in [1.807, 2.05) is 31.0 Å². The molecule has 0 aliphatic rings. The van der Waals surface area contributed by atoms with Gasteiger partial charge in [0.25, 0.3) is 0 Å². The van der Waals surface area contributed by atoms with Gasteiger partial charge in [0.15, 0.2) is 0 Å². The van der Waals surface area contributed by atoms with Crippen molar-refractivity contribution in [3.8, 4) is 0 Å². The summed E-state index contributed by atoms with van der Waals surface area (Å²) in [6.07, 6.45) is 2.91. The smallest absolute Gasteiger partial charge is 0.0540 e. The molecule has 0 aliphatic carbocycles. The number of aryl methyl sites for hydroxylation is 1. The molecule has 18 heavy (non-hydrogen) atoms. The van der Waals surface area contributed by atoms with Crippen LogP contribution in [0.25, 0.3) is 0 Å². The van der Waals surface area contributed by atoms with Gasteiger partial charge in [0, 0.05) is 28.8 Å². The molecule has 1 heterocycles. The first-order valence-electron chi connectivity index (χ1n) is 6.02. The third-order valence-corrected chi connectivity index (χ3v) is 3.82. The van der Waals surface area contributed by atoms with Gasteiger partial charge in [-0.05, 0) is 38.1 Å². The highest BCUT2D eigenvalue weighted by Gasteiger charge is 2.15. The lowest BCUT2D eigenvalue weighted by Gasteiger charge is -2.16. The van der Waals surface area contributed by atoms with Crippen LogP contribution in [0.2, 0.25) is 0 Å². The maximum atomic E-state index is 4.31. The Morgan fingerprint density at radius 2 is 2.22 bits per heavy atom. The molecule has 0 amide bonds.